The van der Waals surface area contributed by atoms with Crippen LogP contribution in [0.5, 0.6) is 5.75 Å². The van der Waals surface area contributed by atoms with Crippen molar-refractivity contribution in [3.05, 3.63) is 35.3 Å². The molecule has 0 spiro atoms. The van der Waals surface area contributed by atoms with Crippen molar-refractivity contribution in [2.45, 2.75) is 24.1 Å². The van der Waals surface area contributed by atoms with E-state index in [0.717, 1.165) is 15.8 Å². The zero-order valence-corrected chi connectivity index (χ0v) is 18.7. The quantitative estimate of drug-likeness (QED) is 0.319. The third-order valence-electron chi connectivity index (χ3n) is 3.65. The van der Waals surface area contributed by atoms with E-state index in [1.165, 1.54) is 22.7 Å². The number of rotatable bonds is 9. The Morgan fingerprint density at radius 1 is 1.10 bits per heavy atom. The standard InChI is InChI=1S/C18H20N6O3S3/c1-3-28-18-24-23-17(30-18)21-14(25)9-6-12-10-29-16(20-12)22-15(26)19-11-4-7-13(27-2)8-5-11/h4-5,7-8,10H,3,6,9H2,1-2H3,(H,21,23,25)(H2,19,20,22,26). The van der Waals surface area contributed by atoms with E-state index in [4.69, 9.17) is 4.74 Å². The van der Waals surface area contributed by atoms with E-state index in [-0.39, 0.29) is 12.3 Å². The molecular weight excluding hydrogens is 444 g/mol. The number of thiazole rings is 1. The number of hydrogen-bond donors (Lipinski definition) is 3. The van der Waals surface area contributed by atoms with E-state index in [1.807, 2.05) is 12.3 Å². The Labute approximate surface area is 185 Å². The van der Waals surface area contributed by atoms with Gasteiger partial charge in [-0.2, -0.15) is 0 Å². The van der Waals surface area contributed by atoms with E-state index in [9.17, 15) is 9.59 Å². The Morgan fingerprint density at radius 3 is 2.63 bits per heavy atom. The average molecular weight is 465 g/mol. The van der Waals surface area contributed by atoms with Gasteiger partial charge in [0.05, 0.1) is 12.8 Å². The molecular formula is C18H20N6O3S3. The maximum atomic E-state index is 12.1. The van der Waals surface area contributed by atoms with Gasteiger partial charge in [0.1, 0.15) is 5.75 Å². The van der Waals surface area contributed by atoms with Gasteiger partial charge in [0.15, 0.2) is 9.47 Å². The molecule has 0 unspecified atom stereocenters. The summed E-state index contributed by atoms with van der Waals surface area (Å²) in [5.41, 5.74) is 1.37. The minimum Gasteiger partial charge on any atom is -0.497 e. The number of ether oxygens (including phenoxy) is 1. The van der Waals surface area contributed by atoms with Gasteiger partial charge in [-0.3, -0.25) is 10.1 Å². The van der Waals surface area contributed by atoms with Crippen molar-refractivity contribution in [2.75, 3.05) is 28.8 Å². The summed E-state index contributed by atoms with van der Waals surface area (Å²) in [7, 11) is 1.58. The molecule has 2 aromatic heterocycles. The predicted octanol–water partition coefficient (Wildman–Crippen LogP) is 4.33. The van der Waals surface area contributed by atoms with E-state index in [1.54, 1.807) is 43.1 Å². The van der Waals surface area contributed by atoms with Crippen LogP contribution in [-0.2, 0) is 11.2 Å². The molecule has 1 aromatic carbocycles. The molecule has 158 valence electrons. The van der Waals surface area contributed by atoms with E-state index in [0.29, 0.717) is 28.1 Å². The lowest BCUT2D eigenvalue weighted by molar-refractivity contribution is -0.116. The zero-order valence-electron chi connectivity index (χ0n) is 16.3. The fourth-order valence-electron chi connectivity index (χ4n) is 2.28. The number of nitrogens with zero attached hydrogens (tertiary/aromatic N) is 3. The molecule has 3 N–H and O–H groups in total. The Bertz CT molecular complexity index is 989. The van der Waals surface area contributed by atoms with Crippen LogP contribution in [0.3, 0.4) is 0 Å². The third kappa shape index (κ3) is 6.68. The summed E-state index contributed by atoms with van der Waals surface area (Å²) in [6.07, 6.45) is 0.719. The summed E-state index contributed by atoms with van der Waals surface area (Å²) in [4.78, 5) is 28.5. The lowest BCUT2D eigenvalue weighted by Gasteiger charge is -2.06. The maximum absolute atomic E-state index is 12.1. The van der Waals surface area contributed by atoms with Crippen LogP contribution in [-0.4, -0.2) is 40.0 Å². The van der Waals surface area contributed by atoms with Gasteiger partial charge in [-0.1, -0.05) is 30.0 Å². The highest BCUT2D eigenvalue weighted by molar-refractivity contribution is 8.01. The minimum atomic E-state index is -0.393. The Hall–Kier alpha value is -2.70. The second-order valence-corrected chi connectivity index (χ2v) is 9.15. The van der Waals surface area contributed by atoms with Crippen molar-refractivity contribution in [3.8, 4) is 5.75 Å². The summed E-state index contributed by atoms with van der Waals surface area (Å²) in [6.45, 7) is 2.03. The second kappa shape index (κ2) is 10.9. The average Bonchev–Trinajstić information content (AvgIpc) is 3.36. The lowest BCUT2D eigenvalue weighted by atomic mass is 10.2. The van der Waals surface area contributed by atoms with Gasteiger partial charge in [-0.05, 0) is 36.4 Å². The molecule has 3 rings (SSSR count). The molecule has 0 fully saturated rings. The number of aryl methyl sites for hydroxylation is 1. The lowest BCUT2D eigenvalue weighted by Crippen LogP contribution is -2.19. The summed E-state index contributed by atoms with van der Waals surface area (Å²) in [6, 6.07) is 6.61. The molecule has 9 nitrogen and oxygen atoms in total. The Balaban J connectivity index is 1.43. The molecule has 0 aliphatic heterocycles. The topological polar surface area (TPSA) is 118 Å². The first-order valence-corrected chi connectivity index (χ1v) is 11.7. The minimum absolute atomic E-state index is 0.154. The number of thioether (sulfide) groups is 1. The third-order valence-corrected chi connectivity index (χ3v) is 6.31. The summed E-state index contributed by atoms with van der Waals surface area (Å²) in [5.74, 6) is 1.46. The Kier molecular flexibility index (Phi) is 7.99. The Morgan fingerprint density at radius 2 is 1.90 bits per heavy atom. The van der Waals surface area contributed by atoms with Crippen molar-refractivity contribution in [1.29, 1.82) is 0 Å². The number of carbonyl (C=O) groups excluding carboxylic acids is 2. The van der Waals surface area contributed by atoms with E-state index < -0.39 is 6.03 Å². The molecule has 12 heteroatoms. The van der Waals surface area contributed by atoms with Gasteiger partial charge >= 0.3 is 6.03 Å². The number of methoxy groups -OCH3 is 1. The molecule has 30 heavy (non-hydrogen) atoms. The van der Waals surface area contributed by atoms with Gasteiger partial charge in [-0.15, -0.1) is 21.5 Å². The number of benzene rings is 1. The molecule has 3 aromatic rings. The molecule has 3 amide bonds. The largest absolute Gasteiger partial charge is 0.497 e. The van der Waals surface area contributed by atoms with Crippen LogP contribution in [0.4, 0.5) is 20.7 Å². The summed E-state index contributed by atoms with van der Waals surface area (Å²) < 4.78 is 5.91. The van der Waals surface area contributed by atoms with Crippen LogP contribution >= 0.6 is 34.4 Å². The van der Waals surface area contributed by atoms with Crippen molar-refractivity contribution in [2.24, 2.45) is 0 Å². The molecule has 0 bridgehead atoms. The van der Waals surface area contributed by atoms with Crippen LogP contribution in [0.25, 0.3) is 0 Å². The van der Waals surface area contributed by atoms with Crippen molar-refractivity contribution in [3.63, 3.8) is 0 Å². The molecule has 0 saturated heterocycles. The first-order valence-electron chi connectivity index (χ1n) is 8.98. The molecule has 0 aliphatic rings. The fraction of sp³-hybridized carbons (Fsp3) is 0.278. The van der Waals surface area contributed by atoms with Crippen LogP contribution < -0.4 is 20.7 Å². The highest BCUT2D eigenvalue weighted by atomic mass is 32.2. The van der Waals surface area contributed by atoms with Gasteiger partial charge in [-0.25, -0.2) is 9.78 Å². The molecule has 0 saturated carbocycles. The SMILES string of the molecule is CCSc1nnc(NC(=O)CCc2csc(NC(=O)Nc3ccc(OC)cc3)n2)s1. The number of carbonyl (C=O) groups is 2. The normalized spacial score (nSPS) is 10.5. The van der Waals surface area contributed by atoms with E-state index in [2.05, 4.69) is 31.1 Å². The summed E-state index contributed by atoms with van der Waals surface area (Å²) >= 11 is 4.24. The van der Waals surface area contributed by atoms with Crippen molar-refractivity contribution in [1.82, 2.24) is 15.2 Å². The van der Waals surface area contributed by atoms with Gasteiger partial charge in [0.25, 0.3) is 0 Å². The van der Waals surface area contributed by atoms with Crippen LogP contribution in [0.2, 0.25) is 0 Å². The highest BCUT2D eigenvalue weighted by Crippen LogP contribution is 2.25. The highest BCUT2D eigenvalue weighted by Gasteiger charge is 2.11. The first-order chi connectivity index (χ1) is 14.6. The van der Waals surface area contributed by atoms with Crippen molar-refractivity contribution >= 4 is 62.3 Å². The number of urea groups is 1. The molecule has 0 atom stereocenters. The number of hydrogen-bond acceptors (Lipinski definition) is 9. The van der Waals surface area contributed by atoms with E-state index >= 15 is 0 Å². The number of aromatic nitrogens is 3. The fourth-order valence-corrected chi connectivity index (χ4v) is 4.68. The first kappa shape index (κ1) is 22.0. The molecule has 0 radical (unpaired) electrons. The molecule has 2 heterocycles. The predicted molar refractivity (Wildman–Crippen MR) is 121 cm³/mol. The maximum Gasteiger partial charge on any atom is 0.325 e. The number of anilines is 3. The van der Waals surface area contributed by atoms with Crippen LogP contribution in [0, 0.1) is 0 Å². The zero-order chi connectivity index (χ0) is 21.3. The summed E-state index contributed by atoms with van der Waals surface area (Å²) in [5, 5.41) is 18.9. The second-order valence-electron chi connectivity index (χ2n) is 5.81. The number of amides is 3. The monoisotopic (exact) mass is 464 g/mol. The van der Waals surface area contributed by atoms with Gasteiger partial charge in [0.2, 0.25) is 11.0 Å². The van der Waals surface area contributed by atoms with Gasteiger partial charge in [0, 0.05) is 17.5 Å². The molecule has 0 aliphatic carbocycles. The van der Waals surface area contributed by atoms with Gasteiger partial charge < -0.3 is 15.4 Å². The van der Waals surface area contributed by atoms with Crippen molar-refractivity contribution < 1.29 is 14.3 Å². The number of nitrogens with one attached hydrogen (secondary N) is 3. The smallest absolute Gasteiger partial charge is 0.325 e. The van der Waals surface area contributed by atoms with Crippen LogP contribution in [0.15, 0.2) is 34.0 Å². The van der Waals surface area contributed by atoms with Crippen LogP contribution in [0.1, 0.15) is 19.0 Å².